The fourth-order valence-electron chi connectivity index (χ4n) is 1.73. The maximum Gasteiger partial charge on any atom is 0.184 e. The van der Waals surface area contributed by atoms with Crippen molar-refractivity contribution in [3.05, 3.63) is 29.8 Å². The van der Waals surface area contributed by atoms with Gasteiger partial charge in [0.1, 0.15) is 0 Å². The van der Waals surface area contributed by atoms with Gasteiger partial charge in [-0.1, -0.05) is 32.0 Å². The lowest BCUT2D eigenvalue weighted by Crippen LogP contribution is -2.33. The van der Waals surface area contributed by atoms with Gasteiger partial charge in [-0.15, -0.1) is 11.8 Å². The van der Waals surface area contributed by atoms with Gasteiger partial charge in [0.05, 0.1) is 13.2 Å². The lowest BCUT2D eigenvalue weighted by atomic mass is 9.95. The molecule has 0 bridgehead atoms. The van der Waals surface area contributed by atoms with Crippen molar-refractivity contribution < 1.29 is 9.47 Å². The summed E-state index contributed by atoms with van der Waals surface area (Å²) in [4.78, 5) is 1.23. The lowest BCUT2D eigenvalue weighted by molar-refractivity contribution is -0.227. The van der Waals surface area contributed by atoms with E-state index in [-0.39, 0.29) is 11.7 Å². The molecular formula is C13H18O2S. The van der Waals surface area contributed by atoms with Crippen LogP contribution >= 0.6 is 11.8 Å². The molecule has 0 saturated carbocycles. The predicted octanol–water partition coefficient (Wildman–Crippen LogP) is 3.48. The van der Waals surface area contributed by atoms with Crippen LogP contribution in [0.1, 0.15) is 25.7 Å². The van der Waals surface area contributed by atoms with Crippen LogP contribution in [0.3, 0.4) is 0 Å². The van der Waals surface area contributed by atoms with E-state index in [2.05, 4.69) is 32.2 Å². The molecule has 0 amide bonds. The monoisotopic (exact) mass is 238 g/mol. The zero-order valence-electron chi connectivity index (χ0n) is 10.0. The van der Waals surface area contributed by atoms with Crippen molar-refractivity contribution in [2.45, 2.75) is 25.0 Å². The summed E-state index contributed by atoms with van der Waals surface area (Å²) in [5, 5.41) is 0. The Morgan fingerprint density at radius 3 is 2.44 bits per heavy atom. The van der Waals surface area contributed by atoms with Gasteiger partial charge in [-0.3, -0.25) is 0 Å². The average molecular weight is 238 g/mol. The Balaban J connectivity index is 2.14. The van der Waals surface area contributed by atoms with Crippen LogP contribution in [0.4, 0.5) is 0 Å². The van der Waals surface area contributed by atoms with Gasteiger partial charge < -0.3 is 9.47 Å². The predicted molar refractivity (Wildman–Crippen MR) is 66.6 cm³/mol. The van der Waals surface area contributed by atoms with E-state index < -0.39 is 0 Å². The third kappa shape index (κ3) is 2.59. The quantitative estimate of drug-likeness (QED) is 0.735. The van der Waals surface area contributed by atoms with E-state index in [0.29, 0.717) is 0 Å². The smallest absolute Gasteiger partial charge is 0.184 e. The third-order valence-electron chi connectivity index (χ3n) is 2.64. The number of hydrogen-bond donors (Lipinski definition) is 0. The second kappa shape index (κ2) is 4.78. The van der Waals surface area contributed by atoms with Crippen LogP contribution in [-0.2, 0) is 9.47 Å². The highest BCUT2D eigenvalue weighted by molar-refractivity contribution is 7.98. The van der Waals surface area contributed by atoms with Gasteiger partial charge in [0, 0.05) is 15.9 Å². The first-order chi connectivity index (χ1) is 7.62. The van der Waals surface area contributed by atoms with Crippen LogP contribution in [0, 0.1) is 5.41 Å². The fourth-order valence-corrected chi connectivity index (χ4v) is 2.35. The van der Waals surface area contributed by atoms with E-state index >= 15 is 0 Å². The van der Waals surface area contributed by atoms with Crippen molar-refractivity contribution in [3.63, 3.8) is 0 Å². The van der Waals surface area contributed by atoms with Gasteiger partial charge >= 0.3 is 0 Å². The number of benzene rings is 1. The Morgan fingerprint density at radius 1 is 1.19 bits per heavy atom. The van der Waals surface area contributed by atoms with Crippen LogP contribution < -0.4 is 0 Å². The molecule has 88 valence electrons. The lowest BCUT2D eigenvalue weighted by Gasteiger charge is -2.35. The van der Waals surface area contributed by atoms with E-state index in [1.54, 1.807) is 11.8 Å². The molecule has 1 heterocycles. The van der Waals surface area contributed by atoms with Crippen LogP contribution in [0.15, 0.2) is 29.2 Å². The molecule has 1 aromatic carbocycles. The minimum atomic E-state index is -0.198. The maximum absolute atomic E-state index is 5.79. The summed E-state index contributed by atoms with van der Waals surface area (Å²) in [5.74, 6) is 0. The van der Waals surface area contributed by atoms with Crippen molar-refractivity contribution in [2.24, 2.45) is 5.41 Å². The fraction of sp³-hybridized carbons (Fsp3) is 0.538. The number of ether oxygens (including phenoxy) is 2. The second-order valence-corrected chi connectivity index (χ2v) is 5.71. The molecule has 2 nitrogen and oxygen atoms in total. The number of thioether (sulfide) groups is 1. The molecule has 2 rings (SSSR count). The molecule has 1 saturated heterocycles. The van der Waals surface area contributed by atoms with E-state index in [1.165, 1.54) is 4.90 Å². The summed E-state index contributed by atoms with van der Waals surface area (Å²) < 4.78 is 11.6. The molecule has 1 fully saturated rings. The molecule has 0 N–H and O–H groups in total. The standard InChI is InChI=1S/C13H18O2S/c1-13(2)8-14-12(15-9-13)10-6-4-5-7-11(10)16-3/h4-7,12H,8-9H2,1-3H3. The van der Waals surface area contributed by atoms with Gasteiger partial charge in [0.25, 0.3) is 0 Å². The second-order valence-electron chi connectivity index (χ2n) is 4.86. The molecule has 1 aliphatic rings. The van der Waals surface area contributed by atoms with Crippen LogP contribution in [0.25, 0.3) is 0 Å². The van der Waals surface area contributed by atoms with Crippen LogP contribution in [0.2, 0.25) is 0 Å². The Bertz CT molecular complexity index is 353. The number of rotatable bonds is 2. The summed E-state index contributed by atoms with van der Waals surface area (Å²) >= 11 is 1.73. The first-order valence-electron chi connectivity index (χ1n) is 5.48. The minimum Gasteiger partial charge on any atom is -0.348 e. The summed E-state index contributed by atoms with van der Waals surface area (Å²) in [6.45, 7) is 5.81. The normalized spacial score (nSPS) is 20.9. The van der Waals surface area contributed by atoms with E-state index in [0.717, 1.165) is 18.8 Å². The molecule has 0 spiro atoms. The highest BCUT2D eigenvalue weighted by Crippen LogP contribution is 2.34. The first-order valence-corrected chi connectivity index (χ1v) is 6.71. The summed E-state index contributed by atoms with van der Waals surface area (Å²) in [6, 6.07) is 8.25. The van der Waals surface area contributed by atoms with Crippen molar-refractivity contribution in [3.8, 4) is 0 Å². The minimum absolute atomic E-state index is 0.130. The van der Waals surface area contributed by atoms with Crippen LogP contribution in [-0.4, -0.2) is 19.5 Å². The Kier molecular flexibility index (Phi) is 3.57. The molecule has 1 aromatic rings. The Hall–Kier alpha value is -0.510. The molecule has 3 heteroatoms. The van der Waals surface area contributed by atoms with Gasteiger partial charge in [0.2, 0.25) is 0 Å². The van der Waals surface area contributed by atoms with E-state index in [1.807, 2.05) is 12.1 Å². The van der Waals surface area contributed by atoms with Crippen molar-refractivity contribution in [1.29, 1.82) is 0 Å². The van der Waals surface area contributed by atoms with E-state index in [4.69, 9.17) is 9.47 Å². The SMILES string of the molecule is CSc1ccccc1C1OCC(C)(C)CO1. The highest BCUT2D eigenvalue weighted by atomic mass is 32.2. The molecule has 0 aromatic heterocycles. The Labute approximate surface area is 101 Å². The van der Waals surface area contributed by atoms with Gasteiger partial charge in [-0.2, -0.15) is 0 Å². The molecule has 0 radical (unpaired) electrons. The molecule has 0 unspecified atom stereocenters. The third-order valence-corrected chi connectivity index (χ3v) is 3.46. The molecular weight excluding hydrogens is 220 g/mol. The largest absolute Gasteiger partial charge is 0.348 e. The molecule has 0 aliphatic carbocycles. The zero-order chi connectivity index (χ0) is 11.6. The van der Waals surface area contributed by atoms with Crippen LogP contribution in [0.5, 0.6) is 0 Å². The zero-order valence-corrected chi connectivity index (χ0v) is 10.8. The van der Waals surface area contributed by atoms with Crippen molar-refractivity contribution >= 4 is 11.8 Å². The first kappa shape index (κ1) is 12.0. The summed E-state index contributed by atoms with van der Waals surface area (Å²) in [6.07, 6.45) is 1.88. The topological polar surface area (TPSA) is 18.5 Å². The van der Waals surface area contributed by atoms with Gasteiger partial charge in [0.15, 0.2) is 6.29 Å². The Morgan fingerprint density at radius 2 is 1.81 bits per heavy atom. The van der Waals surface area contributed by atoms with E-state index in [9.17, 15) is 0 Å². The molecule has 16 heavy (non-hydrogen) atoms. The summed E-state index contributed by atoms with van der Waals surface area (Å²) in [5.41, 5.74) is 1.27. The van der Waals surface area contributed by atoms with Gasteiger partial charge in [-0.25, -0.2) is 0 Å². The van der Waals surface area contributed by atoms with Crippen molar-refractivity contribution in [2.75, 3.05) is 19.5 Å². The van der Waals surface area contributed by atoms with Gasteiger partial charge in [-0.05, 0) is 12.3 Å². The average Bonchev–Trinajstić information content (AvgIpc) is 2.29. The van der Waals surface area contributed by atoms with Crippen molar-refractivity contribution in [1.82, 2.24) is 0 Å². The summed E-state index contributed by atoms with van der Waals surface area (Å²) in [7, 11) is 0. The molecule has 0 atom stereocenters. The highest BCUT2D eigenvalue weighted by Gasteiger charge is 2.29. The molecule has 1 aliphatic heterocycles. The maximum atomic E-state index is 5.79. The number of hydrogen-bond acceptors (Lipinski definition) is 3.